The number of aliphatic hydroxyl groups is 1. The van der Waals surface area contributed by atoms with E-state index in [4.69, 9.17) is 4.74 Å². The van der Waals surface area contributed by atoms with Crippen molar-refractivity contribution < 1.29 is 23.1 Å². The molecule has 0 radical (unpaired) electrons. The third kappa shape index (κ3) is 5.56. The first-order valence-electron chi connectivity index (χ1n) is 16.3. The van der Waals surface area contributed by atoms with Crippen LogP contribution in [-0.4, -0.2) is 71.2 Å². The SMILES string of the molecule is Cc1cccc(C)c1-c1cc2nc(n1)NS(=O)(=O)c1cccc(c1)C(=O)N(C1CC(NC34CC(CO)(C3)C4)C1)[C@H](CC(C)C)CO2. The Bertz CT molecular complexity index is 1750. The Labute approximate surface area is 271 Å². The number of nitrogens with zero attached hydrogens (tertiary/aromatic N) is 3. The number of sulfonamides is 1. The van der Waals surface area contributed by atoms with Gasteiger partial charge < -0.3 is 20.1 Å². The molecule has 8 rings (SSSR count). The lowest BCUT2D eigenvalue weighted by Gasteiger charge is -2.72. The zero-order chi connectivity index (χ0) is 32.4. The molecule has 6 bridgehead atoms. The van der Waals surface area contributed by atoms with E-state index < -0.39 is 10.0 Å². The van der Waals surface area contributed by atoms with Crippen LogP contribution in [0, 0.1) is 25.2 Å². The van der Waals surface area contributed by atoms with E-state index in [-0.39, 0.29) is 64.8 Å². The third-order valence-electron chi connectivity index (χ3n) is 10.3. The minimum atomic E-state index is -4.12. The summed E-state index contributed by atoms with van der Waals surface area (Å²) in [5.41, 5.74) is 4.02. The van der Waals surface area contributed by atoms with Crippen molar-refractivity contribution >= 4 is 21.9 Å². The predicted molar refractivity (Wildman–Crippen MR) is 175 cm³/mol. The first-order valence-corrected chi connectivity index (χ1v) is 17.8. The largest absolute Gasteiger partial charge is 0.475 e. The molecule has 0 saturated heterocycles. The van der Waals surface area contributed by atoms with E-state index in [1.165, 1.54) is 12.1 Å². The summed E-state index contributed by atoms with van der Waals surface area (Å²) < 4.78 is 36.2. The second kappa shape index (κ2) is 11.3. The number of carbonyl (C=O) groups excluding carboxylic acids is 1. The van der Waals surface area contributed by atoms with E-state index in [0.29, 0.717) is 23.7 Å². The van der Waals surface area contributed by atoms with Gasteiger partial charge in [-0.15, -0.1) is 0 Å². The van der Waals surface area contributed by atoms with Crippen LogP contribution in [0.25, 0.3) is 11.3 Å². The Kier molecular flexibility index (Phi) is 7.64. The number of carbonyl (C=O) groups is 1. The lowest BCUT2D eigenvalue weighted by Crippen LogP contribution is -2.77. The maximum atomic E-state index is 14.4. The van der Waals surface area contributed by atoms with E-state index in [2.05, 4.69) is 33.9 Å². The van der Waals surface area contributed by atoms with Crippen LogP contribution < -0.4 is 14.8 Å². The topological polar surface area (TPSA) is 134 Å². The number of hydrogen-bond acceptors (Lipinski definition) is 8. The van der Waals surface area contributed by atoms with Gasteiger partial charge in [0.1, 0.15) is 6.61 Å². The fraction of sp³-hybridized carbons (Fsp3) is 0.514. The van der Waals surface area contributed by atoms with Gasteiger partial charge in [0.25, 0.3) is 15.9 Å². The number of benzene rings is 2. The van der Waals surface area contributed by atoms with Crippen LogP contribution in [0.3, 0.4) is 0 Å². The number of aliphatic hydroxyl groups excluding tert-OH is 1. The molecule has 11 heteroatoms. The van der Waals surface area contributed by atoms with Gasteiger partial charge in [-0.2, -0.15) is 4.98 Å². The molecule has 1 atom stereocenters. The average molecular weight is 646 g/mol. The van der Waals surface area contributed by atoms with Crippen LogP contribution in [-0.2, 0) is 10.0 Å². The third-order valence-corrected chi connectivity index (χ3v) is 11.7. The maximum Gasteiger partial charge on any atom is 0.264 e. The molecule has 1 aliphatic heterocycles. The van der Waals surface area contributed by atoms with Crippen LogP contribution >= 0.6 is 0 Å². The minimum absolute atomic E-state index is 0.0221. The van der Waals surface area contributed by atoms with Crippen molar-refractivity contribution in [2.24, 2.45) is 11.3 Å². The van der Waals surface area contributed by atoms with Crippen LogP contribution in [0.15, 0.2) is 53.4 Å². The molecule has 3 N–H and O–H groups in total. The maximum absolute atomic E-state index is 14.4. The molecule has 10 nitrogen and oxygen atoms in total. The normalized spacial score (nSPS) is 29.6. The summed E-state index contributed by atoms with van der Waals surface area (Å²) >= 11 is 0. The molecule has 5 aliphatic rings. The first kappa shape index (κ1) is 31.1. The molecule has 0 spiro atoms. The number of aryl methyl sites for hydroxylation is 2. The summed E-state index contributed by atoms with van der Waals surface area (Å²) in [7, 11) is -4.12. The molecule has 4 fully saturated rings. The Balaban J connectivity index is 1.24. The van der Waals surface area contributed by atoms with Crippen LogP contribution in [0.4, 0.5) is 5.95 Å². The van der Waals surface area contributed by atoms with Gasteiger partial charge in [-0.05, 0) is 93.0 Å². The summed E-state index contributed by atoms with van der Waals surface area (Å²) in [5, 5.41) is 13.5. The molecule has 3 aromatic rings. The second-order valence-corrected chi connectivity index (χ2v) is 16.2. The number of aromatic nitrogens is 2. The Morgan fingerprint density at radius 2 is 1.76 bits per heavy atom. The van der Waals surface area contributed by atoms with Gasteiger partial charge in [0.15, 0.2) is 0 Å². The van der Waals surface area contributed by atoms with Crippen molar-refractivity contribution in [3.8, 4) is 17.1 Å². The average Bonchev–Trinajstić information content (AvgIpc) is 2.94. The van der Waals surface area contributed by atoms with E-state index in [0.717, 1.165) is 48.8 Å². The highest BCUT2D eigenvalue weighted by atomic mass is 32.2. The molecule has 46 heavy (non-hydrogen) atoms. The van der Waals surface area contributed by atoms with Crippen molar-refractivity contribution in [2.45, 2.75) is 94.8 Å². The number of anilines is 1. The number of fused-ring (bicyclic) bond motifs is 4. The Morgan fingerprint density at radius 1 is 1.07 bits per heavy atom. The number of rotatable bonds is 7. The van der Waals surface area contributed by atoms with Crippen molar-refractivity contribution in [1.82, 2.24) is 20.2 Å². The summed E-state index contributed by atoms with van der Waals surface area (Å²) in [6.45, 7) is 8.71. The van der Waals surface area contributed by atoms with Gasteiger partial charge in [0.2, 0.25) is 11.8 Å². The predicted octanol–water partition coefficient (Wildman–Crippen LogP) is 4.85. The number of amides is 1. The Hall–Kier alpha value is -3.54. The van der Waals surface area contributed by atoms with Gasteiger partial charge in [-0.25, -0.2) is 18.1 Å². The molecular weight excluding hydrogens is 602 g/mol. The van der Waals surface area contributed by atoms with Gasteiger partial charge in [-0.3, -0.25) is 4.79 Å². The van der Waals surface area contributed by atoms with Crippen LogP contribution in [0.5, 0.6) is 5.88 Å². The lowest BCUT2D eigenvalue weighted by molar-refractivity contribution is -0.187. The van der Waals surface area contributed by atoms with E-state index in [9.17, 15) is 18.3 Å². The van der Waals surface area contributed by atoms with Gasteiger partial charge in [0, 0.05) is 41.4 Å². The molecule has 2 aromatic carbocycles. The van der Waals surface area contributed by atoms with E-state index >= 15 is 0 Å². The summed E-state index contributed by atoms with van der Waals surface area (Å²) in [6, 6.07) is 13.9. The van der Waals surface area contributed by atoms with Crippen LogP contribution in [0.2, 0.25) is 0 Å². The quantitative estimate of drug-likeness (QED) is 0.332. The van der Waals surface area contributed by atoms with Crippen LogP contribution in [0.1, 0.15) is 73.9 Å². The summed E-state index contributed by atoms with van der Waals surface area (Å²) in [4.78, 5) is 25.4. The van der Waals surface area contributed by atoms with E-state index in [1.54, 1.807) is 18.2 Å². The molecule has 1 aromatic heterocycles. The fourth-order valence-electron chi connectivity index (χ4n) is 8.32. The second-order valence-electron chi connectivity index (χ2n) is 14.6. The number of ether oxygens (including phenoxy) is 1. The molecule has 4 aliphatic carbocycles. The highest BCUT2D eigenvalue weighted by Crippen LogP contribution is 2.67. The highest BCUT2D eigenvalue weighted by Gasteiger charge is 2.68. The van der Waals surface area contributed by atoms with Crippen molar-refractivity contribution in [3.63, 3.8) is 0 Å². The van der Waals surface area contributed by atoms with Crippen molar-refractivity contribution in [1.29, 1.82) is 0 Å². The van der Waals surface area contributed by atoms with Gasteiger partial charge >= 0.3 is 0 Å². The van der Waals surface area contributed by atoms with Crippen molar-refractivity contribution in [3.05, 3.63) is 65.2 Å². The summed E-state index contributed by atoms with van der Waals surface area (Å²) in [6.07, 6.45) is 5.38. The first-order chi connectivity index (χ1) is 21.9. The van der Waals surface area contributed by atoms with Gasteiger partial charge in [0.05, 0.1) is 16.6 Å². The molecule has 1 amide bonds. The number of nitrogens with one attached hydrogen (secondary N) is 2. The lowest BCUT2D eigenvalue weighted by atomic mass is 9.39. The van der Waals surface area contributed by atoms with Crippen molar-refractivity contribution in [2.75, 3.05) is 17.9 Å². The molecule has 244 valence electrons. The minimum Gasteiger partial charge on any atom is -0.475 e. The highest BCUT2D eigenvalue weighted by molar-refractivity contribution is 7.92. The molecular formula is C35H43N5O5S. The zero-order valence-electron chi connectivity index (χ0n) is 26.9. The van der Waals surface area contributed by atoms with E-state index in [1.807, 2.05) is 36.9 Å². The van der Waals surface area contributed by atoms with Gasteiger partial charge in [-0.1, -0.05) is 38.1 Å². The molecule has 4 saturated carbocycles. The zero-order valence-corrected chi connectivity index (χ0v) is 27.7. The standard InChI is InChI=1S/C35H43N5O5S/c1-21(2)11-27-16-45-30-15-29(31-22(3)7-5-8-23(31)4)36-33(37-30)39-46(43,44)28-10-6-9-24(12-28)32(42)40(27)26-13-25(14-26)38-35-17-34(18-35,19-35)20-41/h5-10,12,15,21,25-27,38,41H,11,13-14,16-20H2,1-4H3,(H,36,37,39)/t25?,26?,27-,34?,35?/m1/s1. The summed E-state index contributed by atoms with van der Waals surface area (Å²) in [5.74, 6) is 0.233. The smallest absolute Gasteiger partial charge is 0.264 e. The molecule has 2 heterocycles. The molecule has 0 unspecified atom stereocenters. The fourth-order valence-corrected chi connectivity index (χ4v) is 9.31. The monoisotopic (exact) mass is 645 g/mol. The number of hydrogen-bond donors (Lipinski definition) is 3. The Morgan fingerprint density at radius 3 is 2.43 bits per heavy atom.